The van der Waals surface area contributed by atoms with E-state index in [9.17, 15) is 0 Å². The summed E-state index contributed by atoms with van der Waals surface area (Å²) in [5, 5.41) is 0. The summed E-state index contributed by atoms with van der Waals surface area (Å²) in [6.45, 7) is 10.2. The van der Waals surface area contributed by atoms with Crippen LogP contribution in [0.2, 0.25) is 0 Å². The summed E-state index contributed by atoms with van der Waals surface area (Å²) in [5.41, 5.74) is 0. The summed E-state index contributed by atoms with van der Waals surface area (Å²) in [6, 6.07) is 0. The molecule has 0 saturated heterocycles. The molecule has 0 amide bonds. The lowest BCUT2D eigenvalue weighted by molar-refractivity contribution is 0.397. The molecule has 0 radical (unpaired) electrons. The van der Waals surface area contributed by atoms with Gasteiger partial charge >= 0.3 is 0 Å². The summed E-state index contributed by atoms with van der Waals surface area (Å²) in [5.74, 6) is 0. The van der Waals surface area contributed by atoms with E-state index in [0.717, 1.165) is 13.1 Å². The number of rotatable bonds is 4. The fraction of sp³-hybridized carbons (Fsp3) is 0.714. The Morgan fingerprint density at radius 3 is 2.25 bits per heavy atom. The van der Waals surface area contributed by atoms with E-state index in [-0.39, 0.29) is 0 Å². The first-order valence-electron chi connectivity index (χ1n) is 3.21. The van der Waals surface area contributed by atoms with Crippen LogP contribution in [-0.2, 0) is 0 Å². The second kappa shape index (κ2) is 4.69. The molecule has 0 spiro atoms. The monoisotopic (exact) mass is 113 g/mol. The fourth-order valence-corrected chi connectivity index (χ4v) is 0.666. The Bertz CT molecular complexity index is 59.4. The first kappa shape index (κ1) is 7.54. The molecular weight excluding hydrogens is 98.1 g/mol. The van der Waals surface area contributed by atoms with Gasteiger partial charge in [0.05, 0.1) is 0 Å². The maximum atomic E-state index is 3.68. The maximum absolute atomic E-state index is 3.68. The highest BCUT2D eigenvalue weighted by atomic mass is 15.1. The SMILES string of the molecule is C=CN(CC)CCC. The molecule has 1 nitrogen and oxygen atoms in total. The second-order valence-electron chi connectivity index (χ2n) is 1.81. The molecule has 0 unspecified atom stereocenters. The van der Waals surface area contributed by atoms with Gasteiger partial charge in [0.1, 0.15) is 0 Å². The van der Waals surface area contributed by atoms with E-state index in [1.54, 1.807) is 0 Å². The van der Waals surface area contributed by atoms with Crippen molar-refractivity contribution in [2.75, 3.05) is 13.1 Å². The summed E-state index contributed by atoms with van der Waals surface area (Å²) in [4.78, 5) is 2.19. The summed E-state index contributed by atoms with van der Waals surface area (Å²) >= 11 is 0. The van der Waals surface area contributed by atoms with E-state index in [0.29, 0.717) is 0 Å². The molecular formula is C7H15N. The minimum atomic E-state index is 1.08. The molecule has 0 aliphatic carbocycles. The molecule has 0 bridgehead atoms. The van der Waals surface area contributed by atoms with Crippen LogP contribution in [0, 0.1) is 0 Å². The smallest absolute Gasteiger partial charge is 0.0169 e. The van der Waals surface area contributed by atoms with Gasteiger partial charge in [-0.15, -0.1) is 0 Å². The average molecular weight is 113 g/mol. The Balaban J connectivity index is 3.21. The lowest BCUT2D eigenvalue weighted by Crippen LogP contribution is -2.16. The first-order valence-corrected chi connectivity index (χ1v) is 3.21. The third-order valence-corrected chi connectivity index (χ3v) is 1.18. The Morgan fingerprint density at radius 1 is 1.50 bits per heavy atom. The van der Waals surface area contributed by atoms with Crippen molar-refractivity contribution in [2.24, 2.45) is 0 Å². The van der Waals surface area contributed by atoms with Gasteiger partial charge in [0.15, 0.2) is 0 Å². The summed E-state index contributed by atoms with van der Waals surface area (Å²) < 4.78 is 0. The van der Waals surface area contributed by atoms with Crippen LogP contribution < -0.4 is 0 Å². The molecule has 0 fully saturated rings. The highest BCUT2D eigenvalue weighted by molar-refractivity contribution is 4.67. The van der Waals surface area contributed by atoms with Crippen LogP contribution in [0.1, 0.15) is 20.3 Å². The van der Waals surface area contributed by atoms with E-state index in [4.69, 9.17) is 0 Å². The molecule has 48 valence electrons. The lowest BCUT2D eigenvalue weighted by Gasteiger charge is -2.14. The summed E-state index contributed by atoms with van der Waals surface area (Å²) in [6.07, 6.45) is 3.10. The zero-order valence-electron chi connectivity index (χ0n) is 5.85. The molecule has 0 aliphatic heterocycles. The van der Waals surface area contributed by atoms with Crippen molar-refractivity contribution in [3.8, 4) is 0 Å². The van der Waals surface area contributed by atoms with Crippen molar-refractivity contribution in [1.82, 2.24) is 4.90 Å². The Labute approximate surface area is 52.0 Å². The molecule has 0 rings (SSSR count). The summed E-state index contributed by atoms with van der Waals surface area (Å²) in [7, 11) is 0. The predicted molar refractivity (Wildman–Crippen MR) is 37.7 cm³/mol. The molecule has 0 aromatic heterocycles. The van der Waals surface area contributed by atoms with Crippen LogP contribution in [0.4, 0.5) is 0 Å². The van der Waals surface area contributed by atoms with Crippen molar-refractivity contribution in [1.29, 1.82) is 0 Å². The minimum Gasteiger partial charge on any atom is -0.378 e. The van der Waals surface area contributed by atoms with Crippen LogP contribution in [0.3, 0.4) is 0 Å². The van der Waals surface area contributed by atoms with Crippen LogP contribution in [0.5, 0.6) is 0 Å². The van der Waals surface area contributed by atoms with Crippen molar-refractivity contribution in [3.05, 3.63) is 12.8 Å². The largest absolute Gasteiger partial charge is 0.378 e. The topological polar surface area (TPSA) is 3.24 Å². The Morgan fingerprint density at radius 2 is 2.12 bits per heavy atom. The zero-order valence-corrected chi connectivity index (χ0v) is 5.85. The maximum Gasteiger partial charge on any atom is 0.0169 e. The van der Waals surface area contributed by atoms with Crippen molar-refractivity contribution in [2.45, 2.75) is 20.3 Å². The van der Waals surface area contributed by atoms with E-state index >= 15 is 0 Å². The molecule has 8 heavy (non-hydrogen) atoms. The van der Waals surface area contributed by atoms with Crippen LogP contribution in [0.25, 0.3) is 0 Å². The van der Waals surface area contributed by atoms with Gasteiger partial charge < -0.3 is 4.90 Å². The van der Waals surface area contributed by atoms with Gasteiger partial charge in [-0.05, 0) is 19.5 Å². The molecule has 0 atom stereocenters. The van der Waals surface area contributed by atoms with Gasteiger partial charge in [0, 0.05) is 13.1 Å². The van der Waals surface area contributed by atoms with Crippen LogP contribution in [-0.4, -0.2) is 18.0 Å². The highest BCUT2D eigenvalue weighted by Crippen LogP contribution is 1.88. The number of hydrogen-bond donors (Lipinski definition) is 0. The molecule has 0 aromatic rings. The van der Waals surface area contributed by atoms with Crippen molar-refractivity contribution in [3.63, 3.8) is 0 Å². The predicted octanol–water partition coefficient (Wildman–Crippen LogP) is 1.86. The zero-order chi connectivity index (χ0) is 6.41. The molecule has 0 heterocycles. The minimum absolute atomic E-state index is 1.08. The van der Waals surface area contributed by atoms with Gasteiger partial charge in [-0.3, -0.25) is 0 Å². The second-order valence-corrected chi connectivity index (χ2v) is 1.81. The van der Waals surface area contributed by atoms with Gasteiger partial charge in [-0.2, -0.15) is 0 Å². The quantitative estimate of drug-likeness (QED) is 0.538. The van der Waals surface area contributed by atoms with E-state index in [1.807, 2.05) is 6.20 Å². The van der Waals surface area contributed by atoms with Gasteiger partial charge in [-0.25, -0.2) is 0 Å². The third kappa shape index (κ3) is 2.67. The molecule has 0 saturated carbocycles. The van der Waals surface area contributed by atoms with Crippen LogP contribution >= 0.6 is 0 Å². The van der Waals surface area contributed by atoms with Crippen molar-refractivity contribution < 1.29 is 0 Å². The number of hydrogen-bond acceptors (Lipinski definition) is 1. The van der Waals surface area contributed by atoms with Gasteiger partial charge in [-0.1, -0.05) is 13.5 Å². The average Bonchev–Trinajstić information content (AvgIpc) is 1.83. The molecule has 1 heteroatoms. The third-order valence-electron chi connectivity index (χ3n) is 1.18. The van der Waals surface area contributed by atoms with Crippen LogP contribution in [0.15, 0.2) is 12.8 Å². The fourth-order valence-electron chi connectivity index (χ4n) is 0.666. The molecule has 0 N–H and O–H groups in total. The van der Waals surface area contributed by atoms with E-state index < -0.39 is 0 Å². The molecule has 0 aromatic carbocycles. The highest BCUT2D eigenvalue weighted by Gasteiger charge is 1.87. The first-order chi connectivity index (χ1) is 3.85. The molecule has 0 aliphatic rings. The Hall–Kier alpha value is -0.460. The van der Waals surface area contributed by atoms with Crippen molar-refractivity contribution >= 4 is 0 Å². The lowest BCUT2D eigenvalue weighted by atomic mass is 10.4. The van der Waals surface area contributed by atoms with Gasteiger partial charge in [0.25, 0.3) is 0 Å². The Kier molecular flexibility index (Phi) is 4.42. The standard InChI is InChI=1S/C7H15N/c1-4-7-8(5-2)6-3/h5H,2,4,6-7H2,1,3H3. The normalized spacial score (nSPS) is 8.75. The number of nitrogens with zero attached hydrogens (tertiary/aromatic N) is 1. The van der Waals surface area contributed by atoms with Gasteiger partial charge in [0.2, 0.25) is 0 Å². The van der Waals surface area contributed by atoms with E-state index in [2.05, 4.69) is 25.3 Å². The van der Waals surface area contributed by atoms with E-state index in [1.165, 1.54) is 6.42 Å².